The molecule has 0 radical (unpaired) electrons. The molecule has 0 unspecified atom stereocenters. The lowest BCUT2D eigenvalue weighted by molar-refractivity contribution is 0.0518. The molecule has 2 heterocycles. The molecule has 0 spiro atoms. The number of aliphatic hydroxyl groups is 1. The van der Waals surface area contributed by atoms with E-state index in [2.05, 4.69) is 20.2 Å². The van der Waals surface area contributed by atoms with E-state index < -0.39 is 5.97 Å². The van der Waals surface area contributed by atoms with Crippen molar-refractivity contribution in [2.75, 3.05) is 20.3 Å². The minimum atomic E-state index is -0.415. The molecule has 1 aliphatic carbocycles. The molecule has 8 nitrogen and oxygen atoms in total. The van der Waals surface area contributed by atoms with Gasteiger partial charge in [-0.05, 0) is 19.8 Å². The smallest absolute Gasteiger partial charge is 0.356 e. The van der Waals surface area contributed by atoms with Gasteiger partial charge >= 0.3 is 12.0 Å². The van der Waals surface area contributed by atoms with Crippen molar-refractivity contribution in [2.24, 2.45) is 0 Å². The number of carbonyl (C=O) groups excluding carboxylic acids is 1. The second-order valence-corrected chi connectivity index (χ2v) is 5.10. The van der Waals surface area contributed by atoms with Crippen molar-refractivity contribution in [2.45, 2.75) is 26.2 Å². The molecule has 8 heteroatoms. The van der Waals surface area contributed by atoms with Gasteiger partial charge in [0.1, 0.15) is 17.1 Å². The number of methoxy groups -OCH3 is 1. The standard InChI is InChI=1S/C15H18N4O4/c1-3-23-14(21)13-9-5-4-8-10(6-7-20)16-15(22-2)17-11(8)12(9)18-19-13/h20H,3-7H2,1-2H3,(H,18,19). The third kappa shape index (κ3) is 2.65. The number of esters is 1. The number of nitrogens with zero attached hydrogens (tertiary/aromatic N) is 3. The van der Waals surface area contributed by atoms with E-state index in [4.69, 9.17) is 9.47 Å². The first kappa shape index (κ1) is 15.4. The summed E-state index contributed by atoms with van der Waals surface area (Å²) >= 11 is 0. The van der Waals surface area contributed by atoms with Gasteiger partial charge in [-0.1, -0.05) is 0 Å². The Kier molecular flexibility index (Phi) is 4.24. The van der Waals surface area contributed by atoms with E-state index in [0.29, 0.717) is 43.0 Å². The monoisotopic (exact) mass is 318 g/mol. The van der Waals surface area contributed by atoms with Crippen LogP contribution < -0.4 is 4.74 Å². The zero-order chi connectivity index (χ0) is 16.4. The van der Waals surface area contributed by atoms with Crippen LogP contribution in [0.1, 0.15) is 34.2 Å². The fraction of sp³-hybridized carbons (Fsp3) is 0.467. The molecule has 0 bridgehead atoms. The third-order valence-electron chi connectivity index (χ3n) is 3.80. The Morgan fingerprint density at radius 2 is 2.04 bits per heavy atom. The van der Waals surface area contributed by atoms with Gasteiger partial charge in [0, 0.05) is 24.2 Å². The van der Waals surface area contributed by atoms with Crippen LogP contribution in [0.4, 0.5) is 0 Å². The van der Waals surface area contributed by atoms with Gasteiger partial charge in [-0.3, -0.25) is 5.10 Å². The van der Waals surface area contributed by atoms with Crippen molar-refractivity contribution >= 4 is 5.97 Å². The summed E-state index contributed by atoms with van der Waals surface area (Å²) in [5.74, 6) is -0.415. The van der Waals surface area contributed by atoms with Gasteiger partial charge in [-0.2, -0.15) is 15.1 Å². The molecule has 0 saturated heterocycles. The van der Waals surface area contributed by atoms with Crippen molar-refractivity contribution in [3.8, 4) is 17.4 Å². The molecule has 0 saturated carbocycles. The van der Waals surface area contributed by atoms with Crippen LogP contribution in [0.5, 0.6) is 6.01 Å². The van der Waals surface area contributed by atoms with Gasteiger partial charge < -0.3 is 14.6 Å². The molecule has 0 amide bonds. The van der Waals surface area contributed by atoms with Gasteiger partial charge in [-0.25, -0.2) is 4.79 Å². The highest BCUT2D eigenvalue weighted by Crippen LogP contribution is 2.34. The van der Waals surface area contributed by atoms with Crippen LogP contribution in [0, 0.1) is 0 Å². The van der Waals surface area contributed by atoms with Gasteiger partial charge in [0.15, 0.2) is 0 Å². The first-order valence-electron chi connectivity index (χ1n) is 7.48. The number of fused-ring (bicyclic) bond motifs is 3. The van der Waals surface area contributed by atoms with Crippen molar-refractivity contribution in [1.82, 2.24) is 20.2 Å². The summed E-state index contributed by atoms with van der Waals surface area (Å²) in [6.45, 7) is 2.06. The van der Waals surface area contributed by atoms with Crippen LogP contribution >= 0.6 is 0 Å². The number of rotatable bonds is 5. The fourth-order valence-electron chi connectivity index (χ4n) is 2.80. The van der Waals surface area contributed by atoms with Gasteiger partial charge in [0.25, 0.3) is 0 Å². The number of aromatic amines is 1. The van der Waals surface area contributed by atoms with Crippen molar-refractivity contribution < 1.29 is 19.4 Å². The van der Waals surface area contributed by atoms with Crippen molar-refractivity contribution in [3.05, 3.63) is 22.5 Å². The quantitative estimate of drug-likeness (QED) is 0.780. The third-order valence-corrected chi connectivity index (χ3v) is 3.80. The summed E-state index contributed by atoms with van der Waals surface area (Å²) < 4.78 is 10.2. The zero-order valence-electron chi connectivity index (χ0n) is 13.0. The molecule has 2 N–H and O–H groups in total. The van der Waals surface area contributed by atoms with Crippen LogP contribution in [-0.2, 0) is 24.0 Å². The number of hydrogen-bond donors (Lipinski definition) is 2. The van der Waals surface area contributed by atoms with Crippen LogP contribution in [0.3, 0.4) is 0 Å². The first-order chi connectivity index (χ1) is 11.2. The predicted octanol–water partition coefficient (Wildman–Crippen LogP) is 0.685. The summed E-state index contributed by atoms with van der Waals surface area (Å²) in [5.41, 5.74) is 4.12. The van der Waals surface area contributed by atoms with E-state index in [-0.39, 0.29) is 12.6 Å². The van der Waals surface area contributed by atoms with Gasteiger partial charge in [0.05, 0.1) is 19.4 Å². The number of H-pyrrole nitrogens is 1. The number of hydrogen-bond acceptors (Lipinski definition) is 7. The van der Waals surface area contributed by atoms with E-state index in [1.165, 1.54) is 7.11 Å². The van der Waals surface area contributed by atoms with Crippen LogP contribution in [-0.4, -0.2) is 51.6 Å². The lowest BCUT2D eigenvalue weighted by atomic mass is 9.91. The Bertz CT molecular complexity index is 741. The maximum absolute atomic E-state index is 12.0. The molecule has 2 aromatic heterocycles. The summed E-state index contributed by atoms with van der Waals surface area (Å²) in [5, 5.41) is 16.2. The van der Waals surface area contributed by atoms with Crippen LogP contribution in [0.2, 0.25) is 0 Å². The molecular weight excluding hydrogens is 300 g/mol. The largest absolute Gasteiger partial charge is 0.467 e. The molecule has 23 heavy (non-hydrogen) atoms. The zero-order valence-corrected chi connectivity index (χ0v) is 13.0. The van der Waals surface area contributed by atoms with E-state index in [1.54, 1.807) is 6.92 Å². The molecule has 122 valence electrons. The highest BCUT2D eigenvalue weighted by molar-refractivity contribution is 5.91. The number of carbonyl (C=O) groups is 1. The highest BCUT2D eigenvalue weighted by Gasteiger charge is 2.29. The average molecular weight is 318 g/mol. The predicted molar refractivity (Wildman–Crippen MR) is 80.3 cm³/mol. The second kappa shape index (κ2) is 6.33. The Morgan fingerprint density at radius 1 is 1.26 bits per heavy atom. The van der Waals surface area contributed by atoms with Gasteiger partial charge in [-0.15, -0.1) is 0 Å². The fourth-order valence-corrected chi connectivity index (χ4v) is 2.80. The van der Waals surface area contributed by atoms with E-state index in [0.717, 1.165) is 16.8 Å². The first-order valence-corrected chi connectivity index (χ1v) is 7.48. The Balaban J connectivity index is 2.10. The normalized spacial score (nSPS) is 12.5. The molecule has 0 fully saturated rings. The van der Waals surface area contributed by atoms with Crippen molar-refractivity contribution in [1.29, 1.82) is 0 Å². The minimum absolute atomic E-state index is 0.00585. The number of aromatic nitrogens is 4. The van der Waals surface area contributed by atoms with E-state index in [1.807, 2.05) is 0 Å². The Morgan fingerprint density at radius 3 is 2.74 bits per heavy atom. The molecular formula is C15H18N4O4. The summed E-state index contributed by atoms with van der Waals surface area (Å²) in [6.07, 6.45) is 1.74. The molecule has 2 aromatic rings. The topological polar surface area (TPSA) is 110 Å². The molecule has 0 aliphatic heterocycles. The Labute approximate surface area is 132 Å². The molecule has 3 rings (SSSR count). The molecule has 0 atom stereocenters. The van der Waals surface area contributed by atoms with E-state index >= 15 is 0 Å². The molecule has 1 aliphatic rings. The highest BCUT2D eigenvalue weighted by atomic mass is 16.5. The Hall–Kier alpha value is -2.48. The van der Waals surface area contributed by atoms with Crippen LogP contribution in [0.25, 0.3) is 11.4 Å². The number of ether oxygens (including phenoxy) is 2. The van der Waals surface area contributed by atoms with Crippen molar-refractivity contribution in [3.63, 3.8) is 0 Å². The average Bonchev–Trinajstić information content (AvgIpc) is 2.99. The van der Waals surface area contributed by atoms with E-state index in [9.17, 15) is 9.90 Å². The minimum Gasteiger partial charge on any atom is -0.467 e. The number of aliphatic hydroxyl groups excluding tert-OH is 1. The molecule has 0 aromatic carbocycles. The maximum atomic E-state index is 12.0. The summed E-state index contributed by atoms with van der Waals surface area (Å²) in [6, 6.07) is 0.223. The lowest BCUT2D eigenvalue weighted by Gasteiger charge is -2.18. The van der Waals surface area contributed by atoms with Gasteiger partial charge in [0.2, 0.25) is 0 Å². The lowest BCUT2D eigenvalue weighted by Crippen LogP contribution is -2.15. The number of nitrogens with one attached hydrogen (secondary N) is 1. The maximum Gasteiger partial charge on any atom is 0.356 e. The summed E-state index contributed by atoms with van der Waals surface area (Å²) in [7, 11) is 1.49. The second-order valence-electron chi connectivity index (χ2n) is 5.10. The SMILES string of the molecule is CCOC(=O)c1[nH]nc2c1CCc1c(CCO)nc(OC)nc1-2. The summed E-state index contributed by atoms with van der Waals surface area (Å²) in [4.78, 5) is 20.7. The van der Waals surface area contributed by atoms with Crippen LogP contribution in [0.15, 0.2) is 0 Å².